The minimum Gasteiger partial charge on any atom is -0.504 e. The molecule has 3 fully saturated rings. The van der Waals surface area contributed by atoms with Gasteiger partial charge in [-0.15, -0.1) is 0 Å². The topological polar surface area (TPSA) is 75.8 Å². The van der Waals surface area contributed by atoms with E-state index in [4.69, 9.17) is 4.74 Å². The van der Waals surface area contributed by atoms with Crippen molar-refractivity contribution >= 4 is 5.69 Å². The number of piperidine rings is 1. The molecular weight excluding hydrogens is 332 g/mol. The third kappa shape index (κ3) is 1.76. The average molecular weight is 356 g/mol. The maximum atomic E-state index is 11.7. The Kier molecular flexibility index (Phi) is 2.88. The van der Waals surface area contributed by atoms with E-state index in [1.165, 1.54) is 25.3 Å². The first-order valence-electron chi connectivity index (χ1n) is 10.0. The highest BCUT2D eigenvalue weighted by atomic mass is 16.6. The molecule has 2 saturated carbocycles. The first kappa shape index (κ1) is 15.3. The van der Waals surface area contributed by atoms with Crippen LogP contribution in [0.4, 0.5) is 5.69 Å². The lowest BCUT2D eigenvalue weighted by Crippen LogP contribution is -2.64. The maximum absolute atomic E-state index is 11.7. The molecule has 5 aliphatic rings. The lowest BCUT2D eigenvalue weighted by molar-refractivity contribution is -0.385. The number of ether oxygens (including phenoxy) is 1. The number of phenols is 1. The van der Waals surface area contributed by atoms with E-state index in [1.54, 1.807) is 0 Å². The third-order valence-electron chi connectivity index (χ3n) is 7.83. The molecule has 26 heavy (non-hydrogen) atoms. The van der Waals surface area contributed by atoms with Crippen LogP contribution in [-0.2, 0) is 11.8 Å². The summed E-state index contributed by atoms with van der Waals surface area (Å²) in [5.41, 5.74) is 1.82. The number of hydrogen-bond donors (Lipinski definition) is 1. The van der Waals surface area contributed by atoms with Crippen molar-refractivity contribution in [2.45, 2.75) is 62.5 Å². The molecule has 4 atom stereocenters. The zero-order chi connectivity index (χ0) is 17.6. The van der Waals surface area contributed by atoms with E-state index in [1.807, 2.05) is 0 Å². The van der Waals surface area contributed by atoms with Crippen LogP contribution < -0.4 is 4.74 Å². The predicted octanol–water partition coefficient (Wildman–Crippen LogP) is 3.14. The monoisotopic (exact) mass is 356 g/mol. The van der Waals surface area contributed by atoms with Crippen molar-refractivity contribution in [1.29, 1.82) is 0 Å². The molecule has 6 heteroatoms. The number of aromatic hydroxyl groups is 1. The number of nitro benzene ring substituents is 1. The van der Waals surface area contributed by atoms with Gasteiger partial charge in [-0.3, -0.25) is 15.0 Å². The van der Waals surface area contributed by atoms with Gasteiger partial charge in [-0.1, -0.05) is 0 Å². The fourth-order valence-electron chi connectivity index (χ4n) is 6.68. The van der Waals surface area contributed by atoms with Crippen molar-refractivity contribution in [2.24, 2.45) is 11.8 Å². The normalized spacial score (nSPS) is 37.2. The molecule has 0 aromatic heterocycles. The van der Waals surface area contributed by atoms with E-state index in [9.17, 15) is 15.2 Å². The largest absolute Gasteiger partial charge is 0.504 e. The Labute approximate surface area is 152 Å². The lowest BCUT2D eigenvalue weighted by atomic mass is 9.51. The van der Waals surface area contributed by atoms with Crippen LogP contribution in [0.15, 0.2) is 6.07 Å². The van der Waals surface area contributed by atoms with Gasteiger partial charge in [-0.05, 0) is 63.3 Å². The second-order valence-corrected chi connectivity index (χ2v) is 9.00. The van der Waals surface area contributed by atoms with Gasteiger partial charge in [-0.25, -0.2) is 0 Å². The number of nitrogens with zero attached hydrogens (tertiary/aromatic N) is 2. The second-order valence-electron chi connectivity index (χ2n) is 9.00. The first-order chi connectivity index (χ1) is 12.6. The van der Waals surface area contributed by atoms with E-state index < -0.39 is 0 Å². The van der Waals surface area contributed by atoms with Crippen molar-refractivity contribution in [2.75, 3.05) is 13.1 Å². The summed E-state index contributed by atoms with van der Waals surface area (Å²) in [6.45, 7) is 2.21. The van der Waals surface area contributed by atoms with Crippen LogP contribution in [0.3, 0.4) is 0 Å². The first-order valence-corrected chi connectivity index (χ1v) is 10.0. The molecule has 138 valence electrons. The summed E-state index contributed by atoms with van der Waals surface area (Å²) in [6.07, 6.45) is 7.80. The smallest absolute Gasteiger partial charge is 0.276 e. The van der Waals surface area contributed by atoms with Crippen LogP contribution >= 0.6 is 0 Å². The summed E-state index contributed by atoms with van der Waals surface area (Å²) in [5, 5.41) is 22.2. The van der Waals surface area contributed by atoms with Gasteiger partial charge in [0, 0.05) is 29.1 Å². The van der Waals surface area contributed by atoms with E-state index in [-0.39, 0.29) is 27.9 Å². The van der Waals surface area contributed by atoms with E-state index >= 15 is 0 Å². The summed E-state index contributed by atoms with van der Waals surface area (Å²) < 4.78 is 6.28. The van der Waals surface area contributed by atoms with Crippen LogP contribution in [0, 0.1) is 22.0 Å². The number of hydrogen-bond acceptors (Lipinski definition) is 5. The van der Waals surface area contributed by atoms with Gasteiger partial charge in [0.15, 0.2) is 11.5 Å². The van der Waals surface area contributed by atoms with Gasteiger partial charge < -0.3 is 9.84 Å². The number of phenolic OH excluding ortho intramolecular Hbond substituents is 1. The van der Waals surface area contributed by atoms with Crippen LogP contribution in [0.25, 0.3) is 0 Å². The SMILES string of the molecule is O=[N+]([O-])c1cc(O)c2c3c1C[C@@H]1[C@@H]4CCC[C@H](O2)[C@]34CCN1CC1CC1. The van der Waals surface area contributed by atoms with Gasteiger partial charge in [-0.2, -0.15) is 0 Å². The minimum atomic E-state index is -0.316. The van der Waals surface area contributed by atoms with Gasteiger partial charge in [0.2, 0.25) is 0 Å². The van der Waals surface area contributed by atoms with Gasteiger partial charge in [0.25, 0.3) is 5.69 Å². The molecule has 3 aliphatic carbocycles. The van der Waals surface area contributed by atoms with Gasteiger partial charge >= 0.3 is 0 Å². The highest BCUT2D eigenvalue weighted by Gasteiger charge is 2.64. The molecule has 1 saturated heterocycles. The summed E-state index contributed by atoms with van der Waals surface area (Å²) in [4.78, 5) is 14.1. The molecule has 1 aromatic carbocycles. The van der Waals surface area contributed by atoms with Crippen LogP contribution in [0.2, 0.25) is 0 Å². The maximum Gasteiger partial charge on any atom is 0.276 e. The number of rotatable bonds is 3. The van der Waals surface area contributed by atoms with Crippen LogP contribution in [0.1, 0.15) is 49.7 Å². The van der Waals surface area contributed by atoms with Crippen molar-refractivity contribution in [3.8, 4) is 11.5 Å². The highest BCUT2D eigenvalue weighted by molar-refractivity contribution is 5.67. The van der Waals surface area contributed by atoms with Crippen molar-refractivity contribution in [3.05, 3.63) is 27.3 Å². The number of likely N-dealkylation sites (tertiary alicyclic amines) is 1. The molecule has 6 nitrogen and oxygen atoms in total. The van der Waals surface area contributed by atoms with Crippen LogP contribution in [-0.4, -0.2) is 40.2 Å². The van der Waals surface area contributed by atoms with Crippen LogP contribution in [0.5, 0.6) is 11.5 Å². The Morgan fingerprint density at radius 2 is 2.19 bits per heavy atom. The molecule has 0 unspecified atom stereocenters. The molecular formula is C20H24N2O4. The molecule has 1 aromatic rings. The average Bonchev–Trinajstić information content (AvgIpc) is 3.37. The quantitative estimate of drug-likeness (QED) is 0.665. The Hall–Kier alpha value is -1.82. The standard InChI is InChI=1S/C20H24N2O4/c23-16-9-14(22(24)25)12-8-15-13-2-1-3-17-20(13,18(12)19(16)26-17)6-7-21(15)10-11-4-5-11/h9,11,13,15,17,23H,1-8,10H2/t13-,15+,17-,20+/m0/s1. The van der Waals surface area contributed by atoms with Gasteiger partial charge in [0.1, 0.15) is 6.10 Å². The fraction of sp³-hybridized carbons (Fsp3) is 0.700. The van der Waals surface area contributed by atoms with Gasteiger partial charge in [0.05, 0.1) is 11.0 Å². The molecule has 0 amide bonds. The van der Waals surface area contributed by atoms with E-state index in [0.29, 0.717) is 17.7 Å². The fourth-order valence-corrected chi connectivity index (χ4v) is 6.68. The molecule has 1 spiro atoms. The van der Waals surface area contributed by atoms with Crippen molar-refractivity contribution < 1.29 is 14.8 Å². The Bertz CT molecular complexity index is 821. The Morgan fingerprint density at radius 1 is 1.35 bits per heavy atom. The number of nitro groups is 1. The second kappa shape index (κ2) is 4.91. The van der Waals surface area contributed by atoms with E-state index in [0.717, 1.165) is 55.8 Å². The van der Waals surface area contributed by atoms with Crippen molar-refractivity contribution in [1.82, 2.24) is 4.90 Å². The summed E-state index contributed by atoms with van der Waals surface area (Å²) >= 11 is 0. The molecule has 0 radical (unpaired) electrons. The minimum absolute atomic E-state index is 0.0446. The zero-order valence-electron chi connectivity index (χ0n) is 14.8. The third-order valence-corrected chi connectivity index (χ3v) is 7.83. The number of benzene rings is 1. The van der Waals surface area contributed by atoms with Crippen molar-refractivity contribution in [3.63, 3.8) is 0 Å². The Balaban J connectivity index is 1.56. The highest BCUT2D eigenvalue weighted by Crippen LogP contribution is 2.65. The molecule has 1 N–H and O–H groups in total. The zero-order valence-corrected chi connectivity index (χ0v) is 14.8. The molecule has 2 bridgehead atoms. The summed E-state index contributed by atoms with van der Waals surface area (Å²) in [6, 6.07) is 1.71. The predicted molar refractivity (Wildman–Crippen MR) is 94.6 cm³/mol. The van der Waals surface area contributed by atoms with E-state index in [2.05, 4.69) is 4.90 Å². The molecule has 2 aliphatic heterocycles. The molecule has 6 rings (SSSR count). The summed E-state index contributed by atoms with van der Waals surface area (Å²) in [5.74, 6) is 1.84. The summed E-state index contributed by atoms with van der Waals surface area (Å²) in [7, 11) is 0. The lowest BCUT2D eigenvalue weighted by Gasteiger charge is -2.58. The molecule has 2 heterocycles. The Morgan fingerprint density at radius 3 is 2.96 bits per heavy atom.